The number of rotatable bonds is 4. The zero-order valence-corrected chi connectivity index (χ0v) is 12.0. The highest BCUT2D eigenvalue weighted by Gasteiger charge is 2.32. The van der Waals surface area contributed by atoms with Gasteiger partial charge in [-0.3, -0.25) is 0 Å². The van der Waals surface area contributed by atoms with Gasteiger partial charge in [0, 0.05) is 19.7 Å². The van der Waals surface area contributed by atoms with Gasteiger partial charge < -0.3 is 15.2 Å². The van der Waals surface area contributed by atoms with E-state index in [1.807, 2.05) is 7.11 Å². The Kier molecular flexibility index (Phi) is 5.05. The molecule has 0 aliphatic heterocycles. The van der Waals surface area contributed by atoms with Crippen LogP contribution in [0, 0.1) is 5.92 Å². The molecule has 2 rings (SSSR count). The van der Waals surface area contributed by atoms with Crippen LogP contribution < -0.4 is 5.32 Å². The van der Waals surface area contributed by atoms with E-state index < -0.39 is 5.60 Å². The lowest BCUT2D eigenvalue weighted by molar-refractivity contribution is -0.0126. The van der Waals surface area contributed by atoms with Crippen LogP contribution in [0.3, 0.4) is 0 Å². The fourth-order valence-electron chi connectivity index (χ4n) is 3.36. The minimum atomic E-state index is -0.452. The second kappa shape index (κ2) is 6.36. The molecule has 106 valence electrons. The third-order valence-electron chi connectivity index (χ3n) is 4.88. The summed E-state index contributed by atoms with van der Waals surface area (Å²) in [5.41, 5.74) is -0.452. The molecule has 0 spiro atoms. The lowest BCUT2D eigenvalue weighted by Crippen LogP contribution is -2.48. The highest BCUT2D eigenvalue weighted by molar-refractivity contribution is 4.88. The Labute approximate surface area is 111 Å². The topological polar surface area (TPSA) is 41.5 Å². The highest BCUT2D eigenvalue weighted by Crippen LogP contribution is 2.31. The molecule has 2 aliphatic carbocycles. The van der Waals surface area contributed by atoms with Crippen LogP contribution >= 0.6 is 0 Å². The van der Waals surface area contributed by atoms with Crippen LogP contribution in [-0.4, -0.2) is 36.5 Å². The van der Waals surface area contributed by atoms with Crippen LogP contribution in [0.5, 0.6) is 0 Å². The van der Waals surface area contributed by atoms with Crippen molar-refractivity contribution in [2.24, 2.45) is 5.92 Å². The number of ether oxygens (including phenoxy) is 1. The zero-order chi connectivity index (χ0) is 13.0. The largest absolute Gasteiger partial charge is 0.389 e. The Morgan fingerprint density at radius 3 is 2.61 bits per heavy atom. The molecule has 0 saturated heterocycles. The Balaban J connectivity index is 1.73. The summed E-state index contributed by atoms with van der Waals surface area (Å²) in [6.45, 7) is 3.05. The summed E-state index contributed by atoms with van der Waals surface area (Å²) in [7, 11) is 1.81. The molecule has 0 aromatic carbocycles. The summed E-state index contributed by atoms with van der Waals surface area (Å²) in [4.78, 5) is 0. The van der Waals surface area contributed by atoms with E-state index in [2.05, 4.69) is 12.2 Å². The van der Waals surface area contributed by atoms with E-state index in [0.29, 0.717) is 12.1 Å². The number of hydrogen-bond acceptors (Lipinski definition) is 3. The molecule has 0 bridgehead atoms. The van der Waals surface area contributed by atoms with Crippen LogP contribution in [-0.2, 0) is 4.74 Å². The molecule has 2 N–H and O–H groups in total. The van der Waals surface area contributed by atoms with Gasteiger partial charge in [-0.1, -0.05) is 6.92 Å². The van der Waals surface area contributed by atoms with Gasteiger partial charge in [-0.2, -0.15) is 0 Å². The molecular weight excluding hydrogens is 226 g/mol. The summed E-state index contributed by atoms with van der Waals surface area (Å²) in [5.74, 6) is 0.790. The molecule has 2 aliphatic rings. The quantitative estimate of drug-likeness (QED) is 0.811. The monoisotopic (exact) mass is 255 g/mol. The lowest BCUT2D eigenvalue weighted by Gasteiger charge is -2.37. The normalized spacial score (nSPS) is 41.8. The first kappa shape index (κ1) is 14.3. The van der Waals surface area contributed by atoms with Gasteiger partial charge in [-0.05, 0) is 57.3 Å². The number of hydrogen-bond donors (Lipinski definition) is 2. The molecule has 2 atom stereocenters. The number of nitrogens with one attached hydrogen (secondary N) is 1. The van der Waals surface area contributed by atoms with Crippen LogP contribution in [0.15, 0.2) is 0 Å². The Morgan fingerprint density at radius 2 is 1.94 bits per heavy atom. The minimum Gasteiger partial charge on any atom is -0.389 e. The van der Waals surface area contributed by atoms with Crippen molar-refractivity contribution in [3.8, 4) is 0 Å². The lowest BCUT2D eigenvalue weighted by atomic mass is 9.79. The molecule has 18 heavy (non-hydrogen) atoms. The number of methoxy groups -OCH3 is 1. The average molecular weight is 255 g/mol. The van der Waals surface area contributed by atoms with Gasteiger partial charge in [0.05, 0.1) is 11.7 Å². The van der Waals surface area contributed by atoms with Gasteiger partial charge in [-0.25, -0.2) is 0 Å². The Bertz CT molecular complexity index is 249. The van der Waals surface area contributed by atoms with E-state index in [9.17, 15) is 5.11 Å². The van der Waals surface area contributed by atoms with Crippen molar-refractivity contribution in [2.45, 2.75) is 76.0 Å². The first-order chi connectivity index (χ1) is 8.61. The SMILES string of the molecule is COC1CCCC(NCC2(O)CCC(C)CC2)C1. The molecule has 2 unspecified atom stereocenters. The standard InChI is InChI=1S/C15H29NO2/c1-12-6-8-15(17,9-7-12)11-16-13-4-3-5-14(10-13)18-2/h12-14,16-17H,3-11H2,1-2H3. The molecule has 0 heterocycles. The van der Waals surface area contributed by atoms with Crippen molar-refractivity contribution >= 4 is 0 Å². The predicted molar refractivity (Wildman–Crippen MR) is 73.6 cm³/mol. The summed E-state index contributed by atoms with van der Waals surface area (Å²) in [6, 6.07) is 0.534. The molecule has 3 heteroatoms. The van der Waals surface area contributed by atoms with Crippen molar-refractivity contribution in [2.75, 3.05) is 13.7 Å². The molecule has 0 radical (unpaired) electrons. The Hall–Kier alpha value is -0.120. The molecule has 3 nitrogen and oxygen atoms in total. The van der Waals surface area contributed by atoms with E-state index in [-0.39, 0.29) is 0 Å². The summed E-state index contributed by atoms with van der Waals surface area (Å²) >= 11 is 0. The van der Waals surface area contributed by atoms with Gasteiger partial charge in [0.2, 0.25) is 0 Å². The van der Waals surface area contributed by atoms with Crippen molar-refractivity contribution in [1.29, 1.82) is 0 Å². The van der Waals surface area contributed by atoms with E-state index >= 15 is 0 Å². The molecule has 0 aromatic heterocycles. The van der Waals surface area contributed by atoms with Crippen molar-refractivity contribution in [1.82, 2.24) is 5.32 Å². The predicted octanol–water partition coefficient (Wildman–Crippen LogP) is 2.47. The molecule has 2 saturated carbocycles. The van der Waals surface area contributed by atoms with Crippen LogP contribution in [0.2, 0.25) is 0 Å². The molecular formula is C15H29NO2. The van der Waals surface area contributed by atoms with Gasteiger partial charge in [0.15, 0.2) is 0 Å². The van der Waals surface area contributed by atoms with E-state index in [1.54, 1.807) is 0 Å². The number of aliphatic hydroxyl groups is 1. The maximum atomic E-state index is 10.5. The maximum Gasteiger partial charge on any atom is 0.0771 e. The maximum absolute atomic E-state index is 10.5. The van der Waals surface area contributed by atoms with Gasteiger partial charge >= 0.3 is 0 Å². The van der Waals surface area contributed by atoms with Crippen LogP contribution in [0.4, 0.5) is 0 Å². The van der Waals surface area contributed by atoms with Gasteiger partial charge in [0.1, 0.15) is 0 Å². The van der Waals surface area contributed by atoms with E-state index in [4.69, 9.17) is 4.74 Å². The first-order valence-corrected chi connectivity index (χ1v) is 7.60. The van der Waals surface area contributed by atoms with Gasteiger partial charge in [-0.15, -0.1) is 0 Å². The van der Waals surface area contributed by atoms with E-state index in [1.165, 1.54) is 32.1 Å². The fraction of sp³-hybridized carbons (Fsp3) is 1.00. The van der Waals surface area contributed by atoms with E-state index in [0.717, 1.165) is 31.7 Å². The van der Waals surface area contributed by atoms with Crippen molar-refractivity contribution in [3.63, 3.8) is 0 Å². The zero-order valence-electron chi connectivity index (χ0n) is 12.0. The second-order valence-corrected chi connectivity index (χ2v) is 6.51. The molecule has 0 aromatic rings. The summed E-state index contributed by atoms with van der Waals surface area (Å²) < 4.78 is 5.45. The summed E-state index contributed by atoms with van der Waals surface area (Å²) in [6.07, 6.45) is 9.44. The van der Waals surface area contributed by atoms with Crippen LogP contribution in [0.25, 0.3) is 0 Å². The van der Waals surface area contributed by atoms with Crippen molar-refractivity contribution in [3.05, 3.63) is 0 Å². The Morgan fingerprint density at radius 1 is 1.22 bits per heavy atom. The van der Waals surface area contributed by atoms with Gasteiger partial charge in [0.25, 0.3) is 0 Å². The third kappa shape index (κ3) is 3.94. The summed E-state index contributed by atoms with van der Waals surface area (Å²) in [5, 5.41) is 14.1. The fourth-order valence-corrected chi connectivity index (χ4v) is 3.36. The first-order valence-electron chi connectivity index (χ1n) is 7.60. The molecule has 2 fully saturated rings. The minimum absolute atomic E-state index is 0.414. The molecule has 0 amide bonds. The second-order valence-electron chi connectivity index (χ2n) is 6.51. The van der Waals surface area contributed by atoms with Crippen LogP contribution in [0.1, 0.15) is 58.3 Å². The highest BCUT2D eigenvalue weighted by atomic mass is 16.5. The third-order valence-corrected chi connectivity index (χ3v) is 4.88. The smallest absolute Gasteiger partial charge is 0.0771 e. The average Bonchev–Trinajstić information content (AvgIpc) is 2.41. The van der Waals surface area contributed by atoms with Crippen molar-refractivity contribution < 1.29 is 9.84 Å².